The fourth-order valence-corrected chi connectivity index (χ4v) is 4.46. The van der Waals surface area contributed by atoms with Crippen LogP contribution in [0.5, 0.6) is 0 Å². The van der Waals surface area contributed by atoms with Crippen LogP contribution in [0.25, 0.3) is 0 Å². The van der Waals surface area contributed by atoms with Crippen molar-refractivity contribution in [3.05, 3.63) is 59.2 Å². The molecule has 0 bridgehead atoms. The largest absolute Gasteiger partial charge is 0.292 e. The van der Waals surface area contributed by atoms with Gasteiger partial charge in [0.15, 0.2) is 0 Å². The van der Waals surface area contributed by atoms with Gasteiger partial charge in [0.05, 0.1) is 22.2 Å². The van der Waals surface area contributed by atoms with Crippen molar-refractivity contribution >= 4 is 15.7 Å². The van der Waals surface area contributed by atoms with E-state index in [1.807, 2.05) is 18.2 Å². The van der Waals surface area contributed by atoms with E-state index in [2.05, 4.69) is 29.5 Å². The topological polar surface area (TPSA) is 73.2 Å². The Hall–Kier alpha value is -2.36. The summed E-state index contributed by atoms with van der Waals surface area (Å²) < 4.78 is 28.1. The maximum atomic E-state index is 12.7. The smallest absolute Gasteiger partial charge is 0.261 e. The first-order valence-corrected chi connectivity index (χ1v) is 10.3. The number of anilines is 1. The van der Waals surface area contributed by atoms with Crippen molar-refractivity contribution in [1.82, 2.24) is 4.90 Å². The summed E-state index contributed by atoms with van der Waals surface area (Å²) in [6.45, 7) is 6.00. The molecule has 0 aromatic heterocycles. The monoisotopic (exact) mass is 369 g/mol. The summed E-state index contributed by atoms with van der Waals surface area (Å²) in [5.41, 5.74) is 3.30. The number of benzene rings is 2. The number of hydrogen-bond donors (Lipinski definition) is 1. The summed E-state index contributed by atoms with van der Waals surface area (Å²) >= 11 is 0. The van der Waals surface area contributed by atoms with E-state index in [4.69, 9.17) is 5.26 Å². The van der Waals surface area contributed by atoms with E-state index < -0.39 is 10.0 Å². The molecule has 3 rings (SSSR count). The van der Waals surface area contributed by atoms with E-state index in [9.17, 15) is 8.42 Å². The Morgan fingerprint density at radius 2 is 1.92 bits per heavy atom. The summed E-state index contributed by atoms with van der Waals surface area (Å²) in [5, 5.41) is 8.86. The van der Waals surface area contributed by atoms with Crippen molar-refractivity contribution in [3.8, 4) is 6.07 Å². The van der Waals surface area contributed by atoms with Crippen molar-refractivity contribution in [2.45, 2.75) is 50.7 Å². The van der Waals surface area contributed by atoms with Gasteiger partial charge in [0.1, 0.15) is 0 Å². The molecule has 1 heterocycles. The summed E-state index contributed by atoms with van der Waals surface area (Å²) in [6.07, 6.45) is 2.26. The van der Waals surface area contributed by atoms with Crippen LogP contribution in [0.2, 0.25) is 0 Å². The maximum absolute atomic E-state index is 12.7. The summed E-state index contributed by atoms with van der Waals surface area (Å²) in [5.74, 6) is 0. The number of sulfonamides is 1. The highest BCUT2D eigenvalue weighted by Crippen LogP contribution is 2.32. The number of nitriles is 1. The van der Waals surface area contributed by atoms with Gasteiger partial charge in [0.25, 0.3) is 10.0 Å². The van der Waals surface area contributed by atoms with E-state index in [0.29, 0.717) is 17.3 Å². The SMILES string of the molecule is CCC[C@H](C)N1Cc2cccc(NS(=O)(=O)c3ccc(C#N)cc3)c2C1. The molecule has 0 unspecified atom stereocenters. The summed E-state index contributed by atoms with van der Waals surface area (Å²) in [4.78, 5) is 2.54. The lowest BCUT2D eigenvalue weighted by molar-refractivity contribution is 0.202. The van der Waals surface area contributed by atoms with Crippen LogP contribution in [-0.4, -0.2) is 19.4 Å². The predicted octanol–water partition coefficient (Wildman–Crippen LogP) is 3.86. The van der Waals surface area contributed by atoms with Gasteiger partial charge in [0.2, 0.25) is 0 Å². The normalized spacial score (nSPS) is 15.3. The quantitative estimate of drug-likeness (QED) is 0.839. The van der Waals surface area contributed by atoms with Gasteiger partial charge < -0.3 is 0 Å². The minimum absolute atomic E-state index is 0.156. The van der Waals surface area contributed by atoms with Crippen LogP contribution in [0.4, 0.5) is 5.69 Å². The lowest BCUT2D eigenvalue weighted by Crippen LogP contribution is -2.27. The molecule has 0 saturated carbocycles. The molecule has 2 aromatic rings. The average molecular weight is 369 g/mol. The van der Waals surface area contributed by atoms with Crippen LogP contribution in [0.3, 0.4) is 0 Å². The van der Waals surface area contributed by atoms with Crippen molar-refractivity contribution in [3.63, 3.8) is 0 Å². The Labute approximate surface area is 155 Å². The van der Waals surface area contributed by atoms with E-state index in [0.717, 1.165) is 31.5 Å². The minimum Gasteiger partial charge on any atom is -0.292 e. The molecular formula is C20H23N3O2S. The standard InChI is InChI=1S/C20H23N3O2S/c1-3-5-15(2)23-13-17-6-4-7-20(19(17)14-23)22-26(24,25)18-10-8-16(12-21)9-11-18/h4,6-11,15,22H,3,5,13-14H2,1-2H3/t15-/m0/s1. The van der Waals surface area contributed by atoms with Gasteiger partial charge in [-0.1, -0.05) is 25.5 Å². The zero-order chi connectivity index (χ0) is 18.7. The van der Waals surface area contributed by atoms with Gasteiger partial charge in [-0.2, -0.15) is 5.26 Å². The fraction of sp³-hybridized carbons (Fsp3) is 0.350. The van der Waals surface area contributed by atoms with Gasteiger partial charge >= 0.3 is 0 Å². The molecule has 136 valence electrons. The summed E-state index contributed by atoms with van der Waals surface area (Å²) in [6, 6.07) is 14.2. The molecule has 1 aliphatic heterocycles. The van der Waals surface area contributed by atoms with Crippen LogP contribution in [0.15, 0.2) is 47.4 Å². The van der Waals surface area contributed by atoms with Crippen LogP contribution in [0.1, 0.15) is 43.4 Å². The molecule has 5 nitrogen and oxygen atoms in total. The Morgan fingerprint density at radius 3 is 2.58 bits per heavy atom. The molecule has 0 radical (unpaired) electrons. The fourth-order valence-electron chi connectivity index (χ4n) is 3.37. The Bertz CT molecular complexity index is 931. The molecule has 1 aliphatic rings. The molecule has 6 heteroatoms. The first-order valence-electron chi connectivity index (χ1n) is 8.82. The minimum atomic E-state index is -3.69. The van der Waals surface area contributed by atoms with Gasteiger partial charge in [-0.3, -0.25) is 9.62 Å². The molecule has 2 aromatic carbocycles. The first-order chi connectivity index (χ1) is 12.4. The highest BCUT2D eigenvalue weighted by Gasteiger charge is 2.26. The Morgan fingerprint density at radius 1 is 1.19 bits per heavy atom. The van der Waals surface area contributed by atoms with Crippen molar-refractivity contribution in [2.75, 3.05) is 4.72 Å². The van der Waals surface area contributed by atoms with Crippen LogP contribution < -0.4 is 4.72 Å². The van der Waals surface area contributed by atoms with E-state index in [1.165, 1.54) is 29.8 Å². The van der Waals surface area contributed by atoms with Crippen molar-refractivity contribution in [1.29, 1.82) is 5.26 Å². The maximum Gasteiger partial charge on any atom is 0.261 e. The van der Waals surface area contributed by atoms with Crippen molar-refractivity contribution in [2.24, 2.45) is 0 Å². The van der Waals surface area contributed by atoms with Crippen molar-refractivity contribution < 1.29 is 8.42 Å². The number of nitrogens with zero attached hydrogens (tertiary/aromatic N) is 2. The van der Waals surface area contributed by atoms with E-state index in [1.54, 1.807) is 0 Å². The highest BCUT2D eigenvalue weighted by molar-refractivity contribution is 7.92. The molecule has 0 fully saturated rings. The predicted molar refractivity (Wildman–Crippen MR) is 102 cm³/mol. The molecular weight excluding hydrogens is 346 g/mol. The third-order valence-corrected chi connectivity index (χ3v) is 6.26. The lowest BCUT2D eigenvalue weighted by Gasteiger charge is -2.23. The zero-order valence-corrected chi connectivity index (χ0v) is 15.9. The molecule has 0 aliphatic carbocycles. The number of hydrogen-bond acceptors (Lipinski definition) is 4. The third-order valence-electron chi connectivity index (χ3n) is 4.88. The third kappa shape index (κ3) is 3.74. The van der Waals surface area contributed by atoms with E-state index in [-0.39, 0.29) is 4.90 Å². The molecule has 0 saturated heterocycles. The lowest BCUT2D eigenvalue weighted by atomic mass is 10.1. The van der Waals surface area contributed by atoms with Gasteiger partial charge in [0, 0.05) is 19.1 Å². The first kappa shape index (κ1) is 18.4. The molecule has 1 N–H and O–H groups in total. The molecule has 26 heavy (non-hydrogen) atoms. The van der Waals surface area contributed by atoms with Crippen LogP contribution in [0, 0.1) is 11.3 Å². The molecule has 1 atom stereocenters. The second-order valence-corrected chi connectivity index (χ2v) is 8.41. The molecule has 0 amide bonds. The highest BCUT2D eigenvalue weighted by atomic mass is 32.2. The van der Waals surface area contributed by atoms with Gasteiger partial charge in [-0.05, 0) is 54.8 Å². The Kier molecular flexibility index (Phi) is 5.30. The zero-order valence-electron chi connectivity index (χ0n) is 15.1. The molecule has 0 spiro atoms. The summed E-state index contributed by atoms with van der Waals surface area (Å²) in [7, 11) is -3.69. The Balaban J connectivity index is 1.84. The number of nitrogens with one attached hydrogen (secondary N) is 1. The number of rotatable bonds is 6. The van der Waals surface area contributed by atoms with E-state index >= 15 is 0 Å². The van der Waals surface area contributed by atoms with Gasteiger partial charge in [-0.15, -0.1) is 0 Å². The second kappa shape index (κ2) is 7.48. The van der Waals surface area contributed by atoms with Crippen LogP contribution in [-0.2, 0) is 23.1 Å². The van der Waals surface area contributed by atoms with Gasteiger partial charge in [-0.25, -0.2) is 8.42 Å². The average Bonchev–Trinajstić information content (AvgIpc) is 3.07. The second-order valence-electron chi connectivity index (χ2n) is 6.73. The number of fused-ring (bicyclic) bond motifs is 1. The van der Waals surface area contributed by atoms with Crippen LogP contribution >= 0.6 is 0 Å².